The van der Waals surface area contributed by atoms with Crippen LogP contribution in [0, 0.1) is 166 Å². The molecule has 0 nitrogen and oxygen atoms in total. The number of fused-ring (bicyclic) bond motifs is 10. The summed E-state index contributed by atoms with van der Waals surface area (Å²) < 4.78 is 0. The van der Waals surface area contributed by atoms with E-state index in [9.17, 15) is 0 Å². The smallest absolute Gasteiger partial charge is 0.0682 e. The monoisotopic (exact) mass is 1310 g/mol. The van der Waals surface area contributed by atoms with Gasteiger partial charge in [-0.3, -0.25) is 0 Å². The van der Waals surface area contributed by atoms with Crippen molar-refractivity contribution in [3.63, 3.8) is 0 Å². The molecule has 4 heteroatoms. The first-order valence-electron chi connectivity index (χ1n) is 37.2. The van der Waals surface area contributed by atoms with Gasteiger partial charge in [-0.1, -0.05) is 369 Å². The second-order valence-electron chi connectivity index (χ2n) is 32.2. The Kier molecular flexibility index (Phi) is 17.6. The maximum absolute atomic E-state index is 2.75. The van der Waals surface area contributed by atoms with Gasteiger partial charge < -0.3 is 0 Å². The van der Waals surface area contributed by atoms with E-state index in [-0.39, 0.29) is 26.9 Å². The fraction of sp³-hybridized carbons (Fsp3) is 0.258. The Morgan fingerprint density at radius 1 is 0.158 bits per heavy atom. The molecule has 0 saturated heterocycles. The van der Waals surface area contributed by atoms with E-state index in [1.807, 2.05) is 0 Å². The Morgan fingerprint density at radius 3 is 0.396 bits per heavy atom. The summed E-state index contributed by atoms with van der Waals surface area (Å²) in [6.07, 6.45) is 0. The molecule has 1 spiro atoms. The quantitative estimate of drug-likeness (QED) is 0.107. The molecule has 0 bridgehead atoms. The first-order valence-corrected chi connectivity index (χ1v) is 37.2. The molecule has 101 heavy (non-hydrogen) atoms. The molecule has 0 aromatic heterocycles. The highest BCUT2D eigenvalue weighted by molar-refractivity contribution is 6.98. The Bertz CT molecular complexity index is 4400. The highest BCUT2D eigenvalue weighted by atomic mass is 14.5. The Hall–Kier alpha value is -9.10. The van der Waals surface area contributed by atoms with Crippen molar-refractivity contribution in [2.45, 2.75) is 172 Å². The minimum atomic E-state index is -0.815. The third-order valence-corrected chi connectivity index (χ3v) is 23.9. The summed E-state index contributed by atoms with van der Waals surface area (Å²) in [6, 6.07) is 70.2. The maximum Gasteiger partial charge on any atom is 0.242 e. The van der Waals surface area contributed by atoms with Crippen molar-refractivity contribution in [2.75, 3.05) is 0 Å². The molecule has 0 fully saturated rings. The number of hydrogen-bond donors (Lipinski definition) is 0. The van der Waals surface area contributed by atoms with Crippen LogP contribution >= 0.6 is 0 Å². The van der Waals surface area contributed by atoms with E-state index in [2.05, 4.69) is 336 Å². The van der Waals surface area contributed by atoms with Crippen LogP contribution in [0.3, 0.4) is 0 Å². The van der Waals surface area contributed by atoms with Crippen molar-refractivity contribution < 1.29 is 0 Å². The zero-order valence-corrected chi connectivity index (χ0v) is 65.0. The minimum absolute atomic E-state index is 0.0473. The molecule has 500 valence electrons. The zero-order valence-electron chi connectivity index (χ0n) is 65.0. The topological polar surface area (TPSA) is 0 Å². The predicted molar refractivity (Wildman–Crippen MR) is 447 cm³/mol. The average Bonchev–Trinajstić information content (AvgIpc) is 1.50. The lowest BCUT2D eigenvalue weighted by molar-refractivity contribution is 0.796. The van der Waals surface area contributed by atoms with Gasteiger partial charge in [0.15, 0.2) is 0 Å². The Morgan fingerprint density at radius 2 is 0.277 bits per heavy atom. The lowest BCUT2D eigenvalue weighted by Crippen LogP contribution is -2.56. The molecule has 0 N–H and O–H groups in total. The van der Waals surface area contributed by atoms with Crippen LogP contribution in [0.1, 0.15) is 156 Å². The normalized spacial score (nSPS) is 12.4. The summed E-state index contributed by atoms with van der Waals surface area (Å²) in [4.78, 5) is 0. The summed E-state index contributed by atoms with van der Waals surface area (Å²) in [6.45, 7) is 55.7. The first-order chi connectivity index (χ1) is 47.9. The summed E-state index contributed by atoms with van der Waals surface area (Å²) >= 11 is 0. The summed E-state index contributed by atoms with van der Waals surface area (Å²) in [5.41, 5.74) is 58.0. The van der Waals surface area contributed by atoms with Gasteiger partial charge in [0.25, 0.3) is 0 Å². The van der Waals surface area contributed by atoms with E-state index >= 15 is 0 Å². The highest BCUT2D eigenvalue weighted by Gasteiger charge is 2.54. The molecule has 12 aromatic rings. The predicted octanol–water partition coefficient (Wildman–Crippen LogP) is 15.5. The highest BCUT2D eigenvalue weighted by Crippen LogP contribution is 2.62. The van der Waals surface area contributed by atoms with Crippen LogP contribution in [0.5, 0.6) is 0 Å². The van der Waals surface area contributed by atoms with Crippen molar-refractivity contribution in [2.24, 2.45) is 0 Å². The van der Waals surface area contributed by atoms with Gasteiger partial charge in [0.05, 0.1) is 5.41 Å². The average molecular weight is 1310 g/mol. The molecule has 12 aromatic carbocycles. The molecular weight excluding hydrogens is 1210 g/mol. The number of hydrogen-bond acceptors (Lipinski definition) is 0. The van der Waals surface area contributed by atoms with Crippen LogP contribution in [-0.2, 0) is 5.41 Å². The van der Waals surface area contributed by atoms with Gasteiger partial charge in [-0.15, -0.1) is 0 Å². The van der Waals surface area contributed by atoms with Gasteiger partial charge in [-0.05, 0) is 211 Å². The Balaban J connectivity index is 1.19. The zero-order chi connectivity index (χ0) is 72.0. The summed E-state index contributed by atoms with van der Waals surface area (Å²) in [5, 5.41) is 0. The van der Waals surface area contributed by atoms with Crippen molar-refractivity contribution in [3.8, 4) is 22.3 Å². The lowest BCUT2D eigenvalue weighted by atomic mass is 9.33. The van der Waals surface area contributed by atoms with Crippen LogP contribution in [0.4, 0.5) is 0 Å². The molecule has 0 radical (unpaired) electrons. The van der Waals surface area contributed by atoms with E-state index in [1.165, 1.54) is 244 Å². The van der Waals surface area contributed by atoms with Gasteiger partial charge >= 0.3 is 0 Å². The third-order valence-electron chi connectivity index (χ3n) is 23.9. The van der Waals surface area contributed by atoms with Gasteiger partial charge in [0.1, 0.15) is 0 Å². The first kappa shape index (κ1) is 69.0. The lowest BCUT2D eigenvalue weighted by Gasteiger charge is -2.34. The molecule has 14 rings (SSSR count). The molecule has 0 aliphatic heterocycles. The van der Waals surface area contributed by atoms with E-state index < -0.39 is 5.41 Å². The molecule has 0 saturated carbocycles. The van der Waals surface area contributed by atoms with Crippen LogP contribution in [0.2, 0.25) is 0 Å². The van der Waals surface area contributed by atoms with Gasteiger partial charge in [0, 0.05) is 0 Å². The SMILES string of the molecule is Cc1cc(C)c(B(c2ccc3c(c2)C2(c4cc(B(c5c(C)cc(C)cc5C)c5c(C)cc(C)cc5C)ccc4-3)c3cc(B(c4c(C)cc(C)cc4C)c4c(C)cc(C)cc4C)ccc3-c3ccc(B(c4c(C)cc(C)cc4C)c4c(C)cc(C)cc4C)cc32)c2c(C)cc(C)cc2C)c(C)c1. The Labute approximate surface area is 607 Å². The molecule has 0 amide bonds. The largest absolute Gasteiger partial charge is 0.242 e. The van der Waals surface area contributed by atoms with Crippen LogP contribution in [-0.4, -0.2) is 26.9 Å². The van der Waals surface area contributed by atoms with Crippen molar-refractivity contribution in [1.82, 2.24) is 0 Å². The second-order valence-corrected chi connectivity index (χ2v) is 32.2. The van der Waals surface area contributed by atoms with Gasteiger partial charge in [-0.2, -0.15) is 0 Å². The minimum Gasteiger partial charge on any atom is -0.0682 e. The van der Waals surface area contributed by atoms with E-state index in [1.54, 1.807) is 0 Å². The maximum atomic E-state index is 2.75. The molecule has 0 unspecified atom stereocenters. The van der Waals surface area contributed by atoms with Crippen LogP contribution in [0.15, 0.2) is 170 Å². The van der Waals surface area contributed by atoms with E-state index in [4.69, 9.17) is 0 Å². The third kappa shape index (κ3) is 11.4. The van der Waals surface area contributed by atoms with Crippen molar-refractivity contribution in [1.29, 1.82) is 0 Å². The fourth-order valence-electron chi connectivity index (χ4n) is 21.1. The molecular formula is C97H100B4. The van der Waals surface area contributed by atoms with Gasteiger partial charge in [0.2, 0.25) is 26.9 Å². The molecule has 0 atom stereocenters. The van der Waals surface area contributed by atoms with Crippen LogP contribution < -0.4 is 65.6 Å². The second kappa shape index (κ2) is 25.8. The van der Waals surface area contributed by atoms with E-state index in [0.29, 0.717) is 0 Å². The van der Waals surface area contributed by atoms with Gasteiger partial charge in [-0.25, -0.2) is 0 Å². The summed E-state index contributed by atoms with van der Waals surface area (Å²) in [5.74, 6) is 0. The standard InChI is InChI=1S/C97H100B4/c1-53-33-61(9)89(62(10)34-53)98(90-63(11)35-54(2)36-64(90)12)77-25-29-81-82-30-26-78(99(91-65(13)37-55(3)38-66(91)14)92-67(15)39-56(4)40-68(92)16)50-86(82)97(85(81)49-77)87-51-79(100(93-69(17)41-57(5)42-70(93)18)94-71(19)43-58(6)44-72(94)20)27-31-83(87)84-32-28-80(52-88(84)97)101(95-73(21)45-59(7)46-74(95)22)96-75(23)47-60(8)48-76(96)24/h25-52H,1-24H3. The number of rotatable bonds is 12. The number of aryl methyl sites for hydroxylation is 24. The van der Waals surface area contributed by atoms with E-state index in [0.717, 1.165) is 0 Å². The summed E-state index contributed by atoms with van der Waals surface area (Å²) in [7, 11) is 0. The molecule has 0 heterocycles. The van der Waals surface area contributed by atoms with Crippen molar-refractivity contribution in [3.05, 3.63) is 326 Å². The van der Waals surface area contributed by atoms with Crippen molar-refractivity contribution >= 4 is 92.4 Å². The molecule has 2 aliphatic rings. The molecule has 2 aliphatic carbocycles. The fourth-order valence-corrected chi connectivity index (χ4v) is 21.1. The van der Waals surface area contributed by atoms with Crippen LogP contribution in [0.25, 0.3) is 22.3 Å². The number of benzene rings is 12.